The normalized spacial score (nSPS) is 12.1. The van der Waals surface area contributed by atoms with Crippen LogP contribution in [0, 0.1) is 5.92 Å². The molecule has 82 valence electrons. The molecular weight excluding hydrogens is 186 g/mol. The van der Waals surface area contributed by atoms with Crippen molar-refractivity contribution in [3.63, 3.8) is 0 Å². The molecule has 0 fully saturated rings. The summed E-state index contributed by atoms with van der Waals surface area (Å²) in [5, 5.41) is 17.0. The average Bonchev–Trinajstić information content (AvgIpc) is 2.16. The van der Waals surface area contributed by atoms with E-state index in [2.05, 4.69) is 0 Å². The van der Waals surface area contributed by atoms with Crippen LogP contribution < -0.4 is 5.48 Å². The minimum atomic E-state index is -0.982. The molecule has 1 amide bonds. The van der Waals surface area contributed by atoms with Crippen molar-refractivity contribution in [3.05, 3.63) is 0 Å². The minimum absolute atomic E-state index is 0.157. The van der Waals surface area contributed by atoms with Gasteiger partial charge in [0.25, 0.3) is 0 Å². The molecule has 0 aromatic carbocycles. The summed E-state index contributed by atoms with van der Waals surface area (Å²) >= 11 is 0. The number of carboxylic acid groups (broad SMARTS) is 1. The molecule has 5 heteroatoms. The van der Waals surface area contributed by atoms with Crippen molar-refractivity contribution in [1.29, 1.82) is 0 Å². The smallest absolute Gasteiger partial charge is 0.307 e. The number of carbonyl (C=O) groups excluding carboxylic acids is 1. The van der Waals surface area contributed by atoms with Crippen molar-refractivity contribution in [2.45, 2.75) is 39.0 Å². The van der Waals surface area contributed by atoms with Gasteiger partial charge in [-0.2, -0.15) is 0 Å². The van der Waals surface area contributed by atoms with Crippen LogP contribution in [0.1, 0.15) is 39.0 Å². The topological polar surface area (TPSA) is 86.6 Å². The number of unbranched alkanes of at least 4 members (excludes halogenated alkanes) is 2. The molecule has 0 aliphatic heterocycles. The van der Waals surface area contributed by atoms with Crippen LogP contribution in [0.2, 0.25) is 0 Å². The molecule has 0 saturated heterocycles. The van der Waals surface area contributed by atoms with Gasteiger partial charge in [-0.15, -0.1) is 0 Å². The molecule has 5 nitrogen and oxygen atoms in total. The molecule has 0 saturated carbocycles. The van der Waals surface area contributed by atoms with Gasteiger partial charge in [-0.25, -0.2) is 5.48 Å². The number of amides is 1. The predicted molar refractivity (Wildman–Crippen MR) is 49.8 cm³/mol. The third kappa shape index (κ3) is 5.53. The SMILES string of the molecule is CCCCC[C@H](CC(=O)NO)C(=O)O. The zero-order valence-electron chi connectivity index (χ0n) is 8.32. The van der Waals surface area contributed by atoms with E-state index in [1.54, 1.807) is 0 Å². The van der Waals surface area contributed by atoms with Gasteiger partial charge >= 0.3 is 5.97 Å². The van der Waals surface area contributed by atoms with Crippen LogP contribution in [0.4, 0.5) is 0 Å². The molecule has 0 unspecified atom stereocenters. The molecule has 0 spiro atoms. The number of hydrogen-bond acceptors (Lipinski definition) is 3. The number of carboxylic acids is 1. The van der Waals surface area contributed by atoms with E-state index in [0.717, 1.165) is 19.3 Å². The summed E-state index contributed by atoms with van der Waals surface area (Å²) in [5.41, 5.74) is 1.44. The van der Waals surface area contributed by atoms with E-state index in [1.807, 2.05) is 6.92 Å². The van der Waals surface area contributed by atoms with E-state index in [0.29, 0.717) is 6.42 Å². The van der Waals surface area contributed by atoms with Gasteiger partial charge in [0.1, 0.15) is 0 Å². The Morgan fingerprint density at radius 2 is 2.00 bits per heavy atom. The largest absolute Gasteiger partial charge is 0.481 e. The van der Waals surface area contributed by atoms with Crippen molar-refractivity contribution in [2.75, 3.05) is 0 Å². The zero-order chi connectivity index (χ0) is 11.0. The Hall–Kier alpha value is -1.10. The fraction of sp³-hybridized carbons (Fsp3) is 0.778. The molecule has 0 radical (unpaired) electrons. The molecule has 3 N–H and O–H groups in total. The predicted octanol–water partition coefficient (Wildman–Crippen LogP) is 1.16. The summed E-state index contributed by atoms with van der Waals surface area (Å²) in [7, 11) is 0. The fourth-order valence-electron chi connectivity index (χ4n) is 1.22. The molecule has 0 aliphatic carbocycles. The number of aliphatic carboxylic acids is 1. The van der Waals surface area contributed by atoms with Gasteiger partial charge in [0, 0.05) is 6.42 Å². The van der Waals surface area contributed by atoms with E-state index in [9.17, 15) is 9.59 Å². The van der Waals surface area contributed by atoms with E-state index in [1.165, 1.54) is 5.48 Å². The minimum Gasteiger partial charge on any atom is -0.481 e. The first-order chi connectivity index (χ1) is 6.61. The second-order valence-corrected chi connectivity index (χ2v) is 3.27. The van der Waals surface area contributed by atoms with Gasteiger partial charge in [-0.05, 0) is 6.42 Å². The molecule has 0 bridgehead atoms. The van der Waals surface area contributed by atoms with Gasteiger partial charge in [0.15, 0.2) is 0 Å². The molecular formula is C9H17NO4. The summed E-state index contributed by atoms with van der Waals surface area (Å²) in [6.07, 6.45) is 3.10. The van der Waals surface area contributed by atoms with Crippen LogP contribution in [0.3, 0.4) is 0 Å². The van der Waals surface area contributed by atoms with Crippen LogP contribution >= 0.6 is 0 Å². The first kappa shape index (κ1) is 12.9. The Bertz CT molecular complexity index is 193. The second-order valence-electron chi connectivity index (χ2n) is 3.27. The highest BCUT2D eigenvalue weighted by molar-refractivity contribution is 5.81. The lowest BCUT2D eigenvalue weighted by Gasteiger charge is -2.09. The van der Waals surface area contributed by atoms with E-state index in [4.69, 9.17) is 10.3 Å². The third-order valence-corrected chi connectivity index (χ3v) is 2.06. The van der Waals surface area contributed by atoms with Crippen molar-refractivity contribution < 1.29 is 19.9 Å². The van der Waals surface area contributed by atoms with Gasteiger partial charge in [-0.3, -0.25) is 14.8 Å². The Balaban J connectivity index is 3.90. The molecule has 0 aliphatic rings. The van der Waals surface area contributed by atoms with Gasteiger partial charge in [0.05, 0.1) is 5.92 Å². The van der Waals surface area contributed by atoms with Gasteiger partial charge in [-0.1, -0.05) is 26.2 Å². The Morgan fingerprint density at radius 1 is 1.36 bits per heavy atom. The average molecular weight is 203 g/mol. The van der Waals surface area contributed by atoms with Crippen molar-refractivity contribution in [2.24, 2.45) is 5.92 Å². The fourth-order valence-corrected chi connectivity index (χ4v) is 1.22. The monoisotopic (exact) mass is 203 g/mol. The number of hydroxylamine groups is 1. The van der Waals surface area contributed by atoms with Crippen molar-refractivity contribution in [3.8, 4) is 0 Å². The Kier molecular flexibility index (Phi) is 6.74. The zero-order valence-corrected chi connectivity index (χ0v) is 8.32. The maximum absolute atomic E-state index is 10.7. The van der Waals surface area contributed by atoms with Gasteiger partial charge in [0.2, 0.25) is 5.91 Å². The highest BCUT2D eigenvalue weighted by Gasteiger charge is 2.20. The van der Waals surface area contributed by atoms with E-state index < -0.39 is 17.8 Å². The number of hydrogen-bond donors (Lipinski definition) is 3. The van der Waals surface area contributed by atoms with E-state index >= 15 is 0 Å². The van der Waals surface area contributed by atoms with Crippen LogP contribution in [-0.2, 0) is 9.59 Å². The molecule has 0 aromatic heterocycles. The number of nitrogens with one attached hydrogen (secondary N) is 1. The molecule has 0 aromatic rings. The maximum atomic E-state index is 10.7. The summed E-state index contributed by atoms with van der Waals surface area (Å²) in [4.78, 5) is 21.4. The van der Waals surface area contributed by atoms with Crippen molar-refractivity contribution >= 4 is 11.9 Å². The van der Waals surface area contributed by atoms with Gasteiger partial charge < -0.3 is 5.11 Å². The summed E-state index contributed by atoms with van der Waals surface area (Å²) < 4.78 is 0. The summed E-state index contributed by atoms with van der Waals surface area (Å²) in [6.45, 7) is 2.02. The van der Waals surface area contributed by atoms with Crippen LogP contribution in [0.15, 0.2) is 0 Å². The summed E-state index contributed by atoms with van der Waals surface area (Å²) in [5.74, 6) is -2.31. The highest BCUT2D eigenvalue weighted by atomic mass is 16.5. The highest BCUT2D eigenvalue weighted by Crippen LogP contribution is 2.13. The number of rotatable bonds is 7. The lowest BCUT2D eigenvalue weighted by atomic mass is 9.98. The molecule has 14 heavy (non-hydrogen) atoms. The standard InChI is InChI=1S/C9H17NO4/c1-2-3-4-5-7(9(12)13)6-8(11)10-14/h7,14H,2-6H2,1H3,(H,10,11)(H,12,13)/t7-/m1/s1. The molecule has 1 atom stereocenters. The molecule has 0 rings (SSSR count). The number of carbonyl (C=O) groups is 2. The second kappa shape index (κ2) is 7.32. The maximum Gasteiger partial charge on any atom is 0.307 e. The van der Waals surface area contributed by atoms with Crippen molar-refractivity contribution in [1.82, 2.24) is 5.48 Å². The van der Waals surface area contributed by atoms with E-state index in [-0.39, 0.29) is 6.42 Å². The van der Waals surface area contributed by atoms with Crippen LogP contribution in [0.5, 0.6) is 0 Å². The lowest BCUT2D eigenvalue weighted by Crippen LogP contribution is -2.25. The third-order valence-electron chi connectivity index (χ3n) is 2.06. The summed E-state index contributed by atoms with van der Waals surface area (Å²) in [6, 6.07) is 0. The quantitative estimate of drug-likeness (QED) is 0.329. The Morgan fingerprint density at radius 3 is 2.43 bits per heavy atom. The first-order valence-electron chi connectivity index (χ1n) is 4.77. The van der Waals surface area contributed by atoms with Crippen LogP contribution in [-0.4, -0.2) is 22.2 Å². The first-order valence-corrected chi connectivity index (χ1v) is 4.77. The molecule has 0 heterocycles. The van der Waals surface area contributed by atoms with Crippen LogP contribution in [0.25, 0.3) is 0 Å². The Labute approximate surface area is 83.1 Å². The lowest BCUT2D eigenvalue weighted by molar-refractivity contribution is -0.145.